The first-order valence-corrected chi connectivity index (χ1v) is 4.99. The molecule has 2 heteroatoms. The number of rotatable bonds is 6. The molecule has 0 heterocycles. The number of halogens is 1. The zero-order valence-corrected chi connectivity index (χ0v) is 8.62. The Balaban J connectivity index is 3.15. The molecule has 0 unspecified atom stereocenters. The van der Waals surface area contributed by atoms with Gasteiger partial charge in [0.15, 0.2) is 0 Å². The Labute approximate surface area is 75.5 Å². The molecule has 0 spiro atoms. The molecule has 0 aromatic heterocycles. The summed E-state index contributed by atoms with van der Waals surface area (Å²) in [6, 6.07) is 0.605. The van der Waals surface area contributed by atoms with Gasteiger partial charge in [-0.2, -0.15) is 0 Å². The van der Waals surface area contributed by atoms with Crippen LogP contribution in [0.25, 0.3) is 0 Å². The predicted molar refractivity (Wildman–Crippen MR) is 52.3 cm³/mol. The van der Waals surface area contributed by atoms with Gasteiger partial charge in [0.2, 0.25) is 0 Å². The summed E-state index contributed by atoms with van der Waals surface area (Å²) in [5.74, 6) is 1.56. The molecular weight excluding hydrogens is 158 g/mol. The largest absolute Gasteiger partial charge is 0.314 e. The van der Waals surface area contributed by atoms with Crippen LogP contribution in [-0.4, -0.2) is 18.5 Å². The minimum absolute atomic E-state index is 0.605. The molecule has 0 amide bonds. The second kappa shape index (κ2) is 6.93. The summed E-state index contributed by atoms with van der Waals surface area (Å²) in [6.07, 6.45) is 2.38. The first kappa shape index (κ1) is 11.2. The Kier molecular flexibility index (Phi) is 7.09. The molecule has 0 saturated carbocycles. The van der Waals surface area contributed by atoms with Crippen molar-refractivity contribution in [3.63, 3.8) is 0 Å². The van der Waals surface area contributed by atoms with Crippen LogP contribution >= 0.6 is 11.6 Å². The number of nitrogens with one attached hydrogen (secondary N) is 1. The van der Waals surface area contributed by atoms with Crippen molar-refractivity contribution in [2.45, 2.75) is 39.7 Å². The Morgan fingerprint density at radius 3 is 2.36 bits per heavy atom. The van der Waals surface area contributed by atoms with E-state index in [0.29, 0.717) is 6.04 Å². The van der Waals surface area contributed by atoms with Gasteiger partial charge >= 0.3 is 0 Å². The van der Waals surface area contributed by atoms with Crippen molar-refractivity contribution in [2.24, 2.45) is 5.92 Å². The molecule has 0 aliphatic carbocycles. The molecule has 0 rings (SSSR count). The van der Waals surface area contributed by atoms with E-state index in [1.54, 1.807) is 0 Å². The summed E-state index contributed by atoms with van der Waals surface area (Å²) in [4.78, 5) is 0. The lowest BCUT2D eigenvalue weighted by atomic mass is 10.1. The van der Waals surface area contributed by atoms with E-state index >= 15 is 0 Å². The second-order valence-electron chi connectivity index (χ2n) is 3.50. The minimum atomic E-state index is 0.605. The fourth-order valence-electron chi connectivity index (χ4n) is 0.965. The lowest BCUT2D eigenvalue weighted by Crippen LogP contribution is -2.27. The maximum atomic E-state index is 5.59. The van der Waals surface area contributed by atoms with Crippen LogP contribution < -0.4 is 5.32 Å². The molecular formula is C9H20ClN. The highest BCUT2D eigenvalue weighted by atomic mass is 35.5. The fourth-order valence-corrected chi connectivity index (χ4v) is 1.12. The quantitative estimate of drug-likeness (QED) is 0.616. The molecule has 0 fully saturated rings. The highest BCUT2D eigenvalue weighted by Crippen LogP contribution is 2.04. The van der Waals surface area contributed by atoms with Crippen LogP contribution in [0.1, 0.15) is 33.6 Å². The molecule has 0 aliphatic rings. The summed E-state index contributed by atoms with van der Waals surface area (Å²) in [5.41, 5.74) is 0. The highest BCUT2D eigenvalue weighted by molar-refractivity contribution is 6.17. The molecule has 0 bridgehead atoms. The number of hydrogen-bond acceptors (Lipinski definition) is 1. The molecule has 1 N–H and O–H groups in total. The topological polar surface area (TPSA) is 12.0 Å². The SMILES string of the molecule is CC(C)NC[C@@H](C)CCCCl. The summed E-state index contributed by atoms with van der Waals surface area (Å²) < 4.78 is 0. The van der Waals surface area contributed by atoms with E-state index < -0.39 is 0 Å². The monoisotopic (exact) mass is 177 g/mol. The minimum Gasteiger partial charge on any atom is -0.314 e. The average molecular weight is 178 g/mol. The van der Waals surface area contributed by atoms with Crippen molar-refractivity contribution in [1.82, 2.24) is 5.32 Å². The highest BCUT2D eigenvalue weighted by Gasteiger charge is 2.01. The van der Waals surface area contributed by atoms with Gasteiger partial charge in [-0.1, -0.05) is 20.8 Å². The Hall–Kier alpha value is 0.250. The van der Waals surface area contributed by atoms with Crippen LogP contribution in [0.15, 0.2) is 0 Å². The summed E-state index contributed by atoms with van der Waals surface area (Å²) in [6.45, 7) is 7.74. The molecule has 1 atom stereocenters. The molecule has 11 heavy (non-hydrogen) atoms. The molecule has 0 aliphatic heterocycles. The van der Waals surface area contributed by atoms with Gasteiger partial charge in [-0.15, -0.1) is 11.6 Å². The summed E-state index contributed by atoms with van der Waals surface area (Å²) in [5, 5.41) is 3.41. The van der Waals surface area contributed by atoms with E-state index in [1.807, 2.05) is 0 Å². The maximum Gasteiger partial charge on any atom is 0.0223 e. The van der Waals surface area contributed by atoms with E-state index in [-0.39, 0.29) is 0 Å². The molecule has 1 nitrogen and oxygen atoms in total. The smallest absolute Gasteiger partial charge is 0.0223 e. The predicted octanol–water partition coefficient (Wildman–Crippen LogP) is 2.64. The average Bonchev–Trinajstić information content (AvgIpc) is 1.97. The first-order valence-electron chi connectivity index (χ1n) is 4.46. The van der Waals surface area contributed by atoms with Gasteiger partial charge in [0.1, 0.15) is 0 Å². The standard InChI is InChI=1S/C9H20ClN/c1-8(2)11-7-9(3)5-4-6-10/h8-9,11H,4-7H2,1-3H3/t9-/m0/s1. The van der Waals surface area contributed by atoms with Gasteiger partial charge in [-0.25, -0.2) is 0 Å². The molecule has 0 radical (unpaired) electrons. The molecule has 0 aromatic rings. The zero-order chi connectivity index (χ0) is 8.69. The van der Waals surface area contributed by atoms with E-state index in [1.165, 1.54) is 6.42 Å². The molecule has 68 valence electrons. The third kappa shape index (κ3) is 8.15. The van der Waals surface area contributed by atoms with Crippen molar-refractivity contribution in [3.8, 4) is 0 Å². The van der Waals surface area contributed by atoms with Crippen LogP contribution in [0.3, 0.4) is 0 Å². The second-order valence-corrected chi connectivity index (χ2v) is 3.88. The van der Waals surface area contributed by atoms with Gasteiger partial charge in [0.05, 0.1) is 0 Å². The van der Waals surface area contributed by atoms with Gasteiger partial charge in [0, 0.05) is 11.9 Å². The van der Waals surface area contributed by atoms with Crippen molar-refractivity contribution in [2.75, 3.05) is 12.4 Å². The Morgan fingerprint density at radius 1 is 1.27 bits per heavy atom. The summed E-state index contributed by atoms with van der Waals surface area (Å²) in [7, 11) is 0. The molecule has 0 saturated heterocycles. The van der Waals surface area contributed by atoms with Crippen molar-refractivity contribution < 1.29 is 0 Å². The van der Waals surface area contributed by atoms with Gasteiger partial charge < -0.3 is 5.32 Å². The zero-order valence-electron chi connectivity index (χ0n) is 7.86. The van der Waals surface area contributed by atoms with Crippen molar-refractivity contribution in [3.05, 3.63) is 0 Å². The Bertz CT molecular complexity index is 83.6. The van der Waals surface area contributed by atoms with Crippen LogP contribution in [-0.2, 0) is 0 Å². The third-order valence-electron chi connectivity index (χ3n) is 1.71. The van der Waals surface area contributed by atoms with E-state index in [0.717, 1.165) is 24.8 Å². The first-order chi connectivity index (χ1) is 5.16. The summed E-state index contributed by atoms with van der Waals surface area (Å²) >= 11 is 5.59. The van der Waals surface area contributed by atoms with Crippen LogP contribution in [0.4, 0.5) is 0 Å². The normalized spacial score (nSPS) is 13.9. The fraction of sp³-hybridized carbons (Fsp3) is 1.00. The van der Waals surface area contributed by atoms with Gasteiger partial charge in [-0.3, -0.25) is 0 Å². The lowest BCUT2D eigenvalue weighted by molar-refractivity contribution is 0.450. The lowest BCUT2D eigenvalue weighted by Gasteiger charge is -2.13. The Morgan fingerprint density at radius 2 is 1.91 bits per heavy atom. The van der Waals surface area contributed by atoms with Crippen LogP contribution in [0.2, 0.25) is 0 Å². The molecule has 0 aromatic carbocycles. The third-order valence-corrected chi connectivity index (χ3v) is 1.97. The van der Waals surface area contributed by atoms with E-state index in [2.05, 4.69) is 26.1 Å². The van der Waals surface area contributed by atoms with E-state index in [9.17, 15) is 0 Å². The van der Waals surface area contributed by atoms with Crippen LogP contribution in [0, 0.1) is 5.92 Å². The number of hydrogen-bond donors (Lipinski definition) is 1. The van der Waals surface area contributed by atoms with Crippen molar-refractivity contribution >= 4 is 11.6 Å². The van der Waals surface area contributed by atoms with Gasteiger partial charge in [-0.05, 0) is 25.3 Å². The van der Waals surface area contributed by atoms with Gasteiger partial charge in [0.25, 0.3) is 0 Å². The number of alkyl halides is 1. The van der Waals surface area contributed by atoms with Crippen LogP contribution in [0.5, 0.6) is 0 Å². The van der Waals surface area contributed by atoms with E-state index in [4.69, 9.17) is 11.6 Å². The van der Waals surface area contributed by atoms with Crippen molar-refractivity contribution in [1.29, 1.82) is 0 Å². The maximum absolute atomic E-state index is 5.59.